The molecule has 0 aliphatic heterocycles. The summed E-state index contributed by atoms with van der Waals surface area (Å²) in [5.74, 6) is 1.63. The largest absolute Gasteiger partial charge is 0.497 e. The van der Waals surface area contributed by atoms with Crippen molar-refractivity contribution in [1.82, 2.24) is 4.57 Å². The zero-order chi connectivity index (χ0) is 24.1. The summed E-state index contributed by atoms with van der Waals surface area (Å²) in [4.78, 5) is 5.74. The molecular formula is C29H30N2O3. The third-order valence-corrected chi connectivity index (χ3v) is 6.02. The Morgan fingerprint density at radius 1 is 0.824 bits per heavy atom. The molecule has 0 bridgehead atoms. The lowest BCUT2D eigenvalue weighted by Crippen LogP contribution is -2.03. The van der Waals surface area contributed by atoms with Crippen molar-refractivity contribution in [3.8, 4) is 28.4 Å². The number of ether oxygens (including phenoxy) is 2. The molecule has 1 aromatic heterocycles. The lowest BCUT2D eigenvalue weighted by Gasteiger charge is -2.14. The van der Waals surface area contributed by atoms with Crippen molar-refractivity contribution in [3.05, 3.63) is 101 Å². The van der Waals surface area contributed by atoms with Gasteiger partial charge < -0.3 is 18.9 Å². The number of oxime groups is 1. The maximum atomic E-state index is 5.74. The van der Waals surface area contributed by atoms with Gasteiger partial charge in [-0.3, -0.25) is 0 Å². The third kappa shape index (κ3) is 4.84. The summed E-state index contributed by atoms with van der Waals surface area (Å²) in [6.45, 7) is 6.59. The highest BCUT2D eigenvalue weighted by Gasteiger charge is 2.17. The molecule has 4 aromatic rings. The van der Waals surface area contributed by atoms with E-state index in [9.17, 15) is 0 Å². The van der Waals surface area contributed by atoms with Crippen molar-refractivity contribution in [2.24, 2.45) is 5.16 Å². The highest BCUT2D eigenvalue weighted by atomic mass is 16.6. The summed E-state index contributed by atoms with van der Waals surface area (Å²) in [6, 6.07) is 26.5. The van der Waals surface area contributed by atoms with Gasteiger partial charge in [0.2, 0.25) is 0 Å². The van der Waals surface area contributed by atoms with E-state index in [1.807, 2.05) is 49.4 Å². The average molecular weight is 455 g/mol. The van der Waals surface area contributed by atoms with Crippen LogP contribution in [0.5, 0.6) is 11.5 Å². The zero-order valence-corrected chi connectivity index (χ0v) is 20.3. The van der Waals surface area contributed by atoms with Crippen LogP contribution < -0.4 is 9.47 Å². The second-order valence-corrected chi connectivity index (χ2v) is 8.17. The van der Waals surface area contributed by atoms with Crippen LogP contribution in [0.1, 0.15) is 29.3 Å². The topological polar surface area (TPSA) is 45.0 Å². The maximum Gasteiger partial charge on any atom is 0.142 e. The van der Waals surface area contributed by atoms with E-state index < -0.39 is 0 Å². The molecule has 0 atom stereocenters. The van der Waals surface area contributed by atoms with Crippen molar-refractivity contribution in [2.75, 3.05) is 14.2 Å². The predicted octanol–water partition coefficient (Wildman–Crippen LogP) is 6.72. The van der Waals surface area contributed by atoms with Crippen LogP contribution in [0, 0.1) is 13.8 Å². The van der Waals surface area contributed by atoms with E-state index >= 15 is 0 Å². The predicted molar refractivity (Wildman–Crippen MR) is 137 cm³/mol. The van der Waals surface area contributed by atoms with E-state index in [4.69, 9.17) is 14.3 Å². The minimum atomic E-state index is 0.436. The smallest absolute Gasteiger partial charge is 0.142 e. The molecule has 0 radical (unpaired) electrons. The van der Waals surface area contributed by atoms with E-state index in [2.05, 4.69) is 60.0 Å². The van der Waals surface area contributed by atoms with Crippen molar-refractivity contribution in [2.45, 2.75) is 27.4 Å². The summed E-state index contributed by atoms with van der Waals surface area (Å²) in [5.41, 5.74) is 8.38. The van der Waals surface area contributed by atoms with E-state index in [1.54, 1.807) is 14.2 Å². The molecule has 3 aromatic carbocycles. The Morgan fingerprint density at radius 2 is 1.56 bits per heavy atom. The minimum absolute atomic E-state index is 0.436. The molecule has 0 saturated heterocycles. The molecule has 1 heterocycles. The van der Waals surface area contributed by atoms with Gasteiger partial charge in [0.05, 0.1) is 25.6 Å². The lowest BCUT2D eigenvalue weighted by molar-refractivity contribution is 0.130. The summed E-state index contributed by atoms with van der Waals surface area (Å²) in [6.07, 6.45) is 0. The lowest BCUT2D eigenvalue weighted by atomic mass is 10.1. The quantitative estimate of drug-likeness (QED) is 0.219. The maximum absolute atomic E-state index is 5.74. The van der Waals surface area contributed by atoms with Gasteiger partial charge in [-0.05, 0) is 74.4 Å². The fraction of sp³-hybridized carbons (Fsp3) is 0.207. The summed E-state index contributed by atoms with van der Waals surface area (Å²) >= 11 is 0. The van der Waals surface area contributed by atoms with Crippen LogP contribution in [0.3, 0.4) is 0 Å². The first-order valence-corrected chi connectivity index (χ1v) is 11.2. The number of methoxy groups -OCH3 is 2. The average Bonchev–Trinajstić information content (AvgIpc) is 3.22. The molecular weight excluding hydrogens is 424 g/mol. The van der Waals surface area contributed by atoms with Crippen molar-refractivity contribution >= 4 is 5.71 Å². The Hall–Kier alpha value is -3.99. The highest BCUT2D eigenvalue weighted by molar-refractivity contribution is 6.01. The summed E-state index contributed by atoms with van der Waals surface area (Å²) in [5, 5.41) is 4.45. The van der Waals surface area contributed by atoms with Gasteiger partial charge in [-0.15, -0.1) is 0 Å². The van der Waals surface area contributed by atoms with Crippen LogP contribution in [0.2, 0.25) is 0 Å². The van der Waals surface area contributed by atoms with Crippen molar-refractivity contribution in [3.63, 3.8) is 0 Å². The van der Waals surface area contributed by atoms with Gasteiger partial charge >= 0.3 is 0 Å². The fourth-order valence-electron chi connectivity index (χ4n) is 4.05. The van der Waals surface area contributed by atoms with Crippen LogP contribution in [0.15, 0.2) is 84.0 Å². The van der Waals surface area contributed by atoms with Crippen LogP contribution in [0.4, 0.5) is 0 Å². The third-order valence-electron chi connectivity index (χ3n) is 6.02. The number of benzene rings is 3. The van der Waals surface area contributed by atoms with Gasteiger partial charge in [0.25, 0.3) is 0 Å². The summed E-state index contributed by atoms with van der Waals surface area (Å²) < 4.78 is 13.0. The van der Waals surface area contributed by atoms with E-state index in [0.29, 0.717) is 6.61 Å². The molecule has 4 rings (SSSR count). The molecule has 5 nitrogen and oxygen atoms in total. The standard InChI is InChI=1S/C29H30N2O3/c1-20-9-6-7-10-24(20)19-34-30-21(2)28-18-29(23-11-8-12-27(17-23)33-5)31(22(28)3)25-13-15-26(32-4)16-14-25/h6-18H,19H2,1-5H3/b30-21-. The van der Waals surface area contributed by atoms with Crippen LogP contribution in [-0.2, 0) is 11.4 Å². The van der Waals surface area contributed by atoms with Crippen molar-refractivity contribution in [1.29, 1.82) is 0 Å². The Balaban J connectivity index is 1.74. The zero-order valence-electron chi connectivity index (χ0n) is 20.3. The van der Waals surface area contributed by atoms with Gasteiger partial charge in [-0.2, -0.15) is 0 Å². The molecule has 5 heteroatoms. The summed E-state index contributed by atoms with van der Waals surface area (Å²) in [7, 11) is 3.35. The van der Waals surface area contributed by atoms with E-state index in [1.165, 1.54) is 5.56 Å². The molecule has 0 fully saturated rings. The van der Waals surface area contributed by atoms with Crippen LogP contribution >= 0.6 is 0 Å². The monoisotopic (exact) mass is 454 g/mol. The molecule has 34 heavy (non-hydrogen) atoms. The first kappa shape index (κ1) is 23.2. The Kier molecular flexibility index (Phi) is 7.02. The first-order chi connectivity index (χ1) is 16.5. The number of nitrogens with zero attached hydrogens (tertiary/aromatic N) is 2. The van der Waals surface area contributed by atoms with Crippen LogP contribution in [0.25, 0.3) is 16.9 Å². The number of aryl methyl sites for hydroxylation is 1. The van der Waals surface area contributed by atoms with Gasteiger partial charge in [-0.25, -0.2) is 0 Å². The first-order valence-electron chi connectivity index (χ1n) is 11.2. The fourth-order valence-corrected chi connectivity index (χ4v) is 4.05. The minimum Gasteiger partial charge on any atom is -0.497 e. The highest BCUT2D eigenvalue weighted by Crippen LogP contribution is 2.32. The van der Waals surface area contributed by atoms with Crippen LogP contribution in [-0.4, -0.2) is 24.5 Å². The second-order valence-electron chi connectivity index (χ2n) is 8.17. The molecule has 0 amide bonds. The molecule has 0 spiro atoms. The Labute approximate surface area is 201 Å². The molecule has 0 saturated carbocycles. The number of rotatable bonds is 8. The Morgan fingerprint density at radius 3 is 2.26 bits per heavy atom. The number of hydrogen-bond donors (Lipinski definition) is 0. The number of hydrogen-bond acceptors (Lipinski definition) is 4. The van der Waals surface area contributed by atoms with Gasteiger partial charge in [-0.1, -0.05) is 41.6 Å². The van der Waals surface area contributed by atoms with Gasteiger partial charge in [0.1, 0.15) is 18.1 Å². The molecule has 0 unspecified atom stereocenters. The normalized spacial score (nSPS) is 11.4. The van der Waals surface area contributed by atoms with Crippen molar-refractivity contribution < 1.29 is 14.3 Å². The Bertz CT molecular complexity index is 1300. The second kappa shape index (κ2) is 10.3. The SMILES string of the molecule is COc1ccc(-n2c(-c3cccc(OC)c3)cc(/C(C)=N\OCc3ccccc3C)c2C)cc1. The molecule has 0 N–H and O–H groups in total. The van der Waals surface area contributed by atoms with Gasteiger partial charge in [0.15, 0.2) is 0 Å². The van der Waals surface area contributed by atoms with E-state index in [-0.39, 0.29) is 0 Å². The molecule has 0 aliphatic carbocycles. The molecule has 0 aliphatic rings. The van der Waals surface area contributed by atoms with Gasteiger partial charge in [0, 0.05) is 22.5 Å². The number of aromatic nitrogens is 1. The molecule has 174 valence electrons. The van der Waals surface area contributed by atoms with E-state index in [0.717, 1.165) is 51.0 Å².